The molecule has 0 radical (unpaired) electrons. The van der Waals surface area contributed by atoms with E-state index >= 15 is 0 Å². The Labute approximate surface area is 139 Å². The van der Waals surface area contributed by atoms with Gasteiger partial charge in [-0.05, 0) is 39.0 Å². The van der Waals surface area contributed by atoms with E-state index in [0.717, 1.165) is 24.1 Å². The van der Waals surface area contributed by atoms with E-state index in [1.807, 2.05) is 6.07 Å². The Kier molecular flexibility index (Phi) is 5.47. The fourth-order valence-corrected chi connectivity index (χ4v) is 3.64. The third-order valence-corrected chi connectivity index (χ3v) is 4.33. The molecule has 0 saturated carbocycles. The number of morpholine rings is 1. The molecule has 1 atom stereocenters. The summed E-state index contributed by atoms with van der Waals surface area (Å²) in [6.45, 7) is 8.69. The maximum absolute atomic E-state index is 12.3. The van der Waals surface area contributed by atoms with Crippen LogP contribution in [0.1, 0.15) is 37.6 Å². The zero-order valence-corrected chi connectivity index (χ0v) is 15.0. The van der Waals surface area contributed by atoms with E-state index in [0.29, 0.717) is 17.0 Å². The highest BCUT2D eigenvalue weighted by Gasteiger charge is 2.31. The van der Waals surface area contributed by atoms with Crippen LogP contribution in [0.4, 0.5) is 0 Å². The summed E-state index contributed by atoms with van der Waals surface area (Å²) in [6.07, 6.45) is 0.671. The highest BCUT2D eigenvalue weighted by atomic mass is 79.9. The summed E-state index contributed by atoms with van der Waals surface area (Å²) >= 11 is 9.48. The first-order chi connectivity index (χ1) is 9.77. The van der Waals surface area contributed by atoms with Crippen molar-refractivity contribution < 1.29 is 9.53 Å². The standard InChI is InChI=1S/C16H21BrClNO2/c1-11-9-19(10-16(2,3)21-11)7-6-15(20)13-5-4-12(17)8-14(13)18/h4-5,8,11H,6-7,9-10H2,1-3H3. The first-order valence-corrected chi connectivity index (χ1v) is 8.32. The number of carbonyl (C=O) groups is 1. The van der Waals surface area contributed by atoms with Gasteiger partial charge in [0.05, 0.1) is 16.7 Å². The Bertz CT molecular complexity index is 533. The fraction of sp³-hybridized carbons (Fsp3) is 0.562. The largest absolute Gasteiger partial charge is 0.370 e. The van der Waals surface area contributed by atoms with Crippen molar-refractivity contribution in [3.63, 3.8) is 0 Å². The summed E-state index contributed by atoms with van der Waals surface area (Å²) < 4.78 is 6.76. The molecule has 21 heavy (non-hydrogen) atoms. The summed E-state index contributed by atoms with van der Waals surface area (Å²) in [5.74, 6) is 0.0875. The predicted molar refractivity (Wildman–Crippen MR) is 89.2 cm³/mol. The van der Waals surface area contributed by atoms with Gasteiger partial charge in [-0.15, -0.1) is 0 Å². The van der Waals surface area contributed by atoms with Gasteiger partial charge in [0, 0.05) is 36.1 Å². The Morgan fingerprint density at radius 2 is 2.24 bits per heavy atom. The highest BCUT2D eigenvalue weighted by molar-refractivity contribution is 9.10. The van der Waals surface area contributed by atoms with Gasteiger partial charge in [0.15, 0.2) is 5.78 Å². The van der Waals surface area contributed by atoms with E-state index < -0.39 is 0 Å². The topological polar surface area (TPSA) is 29.5 Å². The van der Waals surface area contributed by atoms with Crippen molar-refractivity contribution >= 4 is 33.3 Å². The number of carbonyl (C=O) groups excluding carboxylic acids is 1. The van der Waals surface area contributed by atoms with Gasteiger partial charge >= 0.3 is 0 Å². The smallest absolute Gasteiger partial charge is 0.165 e. The van der Waals surface area contributed by atoms with Gasteiger partial charge in [-0.3, -0.25) is 9.69 Å². The summed E-state index contributed by atoms with van der Waals surface area (Å²) in [7, 11) is 0. The second kappa shape index (κ2) is 6.78. The molecule has 1 aromatic rings. The van der Waals surface area contributed by atoms with Crippen molar-refractivity contribution in [3.8, 4) is 0 Å². The van der Waals surface area contributed by atoms with E-state index in [4.69, 9.17) is 16.3 Å². The molecular formula is C16H21BrClNO2. The third-order valence-electron chi connectivity index (χ3n) is 3.53. The lowest BCUT2D eigenvalue weighted by Gasteiger charge is -2.41. The first-order valence-electron chi connectivity index (χ1n) is 7.15. The number of benzene rings is 1. The molecule has 1 aromatic carbocycles. The summed E-state index contributed by atoms with van der Waals surface area (Å²) in [6, 6.07) is 5.38. The number of hydrogen-bond donors (Lipinski definition) is 0. The Morgan fingerprint density at radius 3 is 2.86 bits per heavy atom. The molecule has 0 N–H and O–H groups in total. The molecule has 116 valence electrons. The molecule has 1 unspecified atom stereocenters. The van der Waals surface area contributed by atoms with Gasteiger partial charge < -0.3 is 4.74 Å². The van der Waals surface area contributed by atoms with E-state index in [-0.39, 0.29) is 17.5 Å². The summed E-state index contributed by atoms with van der Waals surface area (Å²) in [4.78, 5) is 14.6. The van der Waals surface area contributed by atoms with Crippen molar-refractivity contribution in [2.75, 3.05) is 19.6 Å². The van der Waals surface area contributed by atoms with Crippen LogP contribution in [0.15, 0.2) is 22.7 Å². The second-order valence-electron chi connectivity index (χ2n) is 6.22. The van der Waals surface area contributed by atoms with Crippen molar-refractivity contribution in [1.29, 1.82) is 0 Å². The van der Waals surface area contributed by atoms with Gasteiger partial charge in [0.25, 0.3) is 0 Å². The van der Waals surface area contributed by atoms with Gasteiger partial charge in [-0.1, -0.05) is 27.5 Å². The maximum Gasteiger partial charge on any atom is 0.165 e. The van der Waals surface area contributed by atoms with Crippen molar-refractivity contribution in [1.82, 2.24) is 4.90 Å². The minimum atomic E-state index is -0.157. The van der Waals surface area contributed by atoms with E-state index in [9.17, 15) is 4.79 Å². The minimum Gasteiger partial charge on any atom is -0.370 e. The number of nitrogens with zero attached hydrogens (tertiary/aromatic N) is 1. The van der Waals surface area contributed by atoms with E-state index in [1.54, 1.807) is 12.1 Å². The molecule has 2 rings (SSSR count). The first kappa shape index (κ1) is 16.9. The number of ether oxygens (including phenoxy) is 1. The summed E-state index contributed by atoms with van der Waals surface area (Å²) in [5.41, 5.74) is 0.441. The predicted octanol–water partition coefficient (Wildman–Crippen LogP) is 4.17. The number of rotatable bonds is 4. The van der Waals surface area contributed by atoms with Crippen LogP contribution in [0.5, 0.6) is 0 Å². The van der Waals surface area contributed by atoms with Gasteiger partial charge in [0.1, 0.15) is 0 Å². The van der Waals surface area contributed by atoms with Gasteiger partial charge in [-0.2, -0.15) is 0 Å². The van der Waals surface area contributed by atoms with E-state index in [1.165, 1.54) is 0 Å². The second-order valence-corrected chi connectivity index (χ2v) is 7.54. The number of ketones is 1. The number of halogens is 2. The molecule has 0 aromatic heterocycles. The lowest BCUT2D eigenvalue weighted by Crippen LogP contribution is -2.52. The van der Waals surface area contributed by atoms with Crippen molar-refractivity contribution in [3.05, 3.63) is 33.3 Å². The normalized spacial score (nSPS) is 22.2. The lowest BCUT2D eigenvalue weighted by atomic mass is 10.0. The summed E-state index contributed by atoms with van der Waals surface area (Å²) in [5, 5.41) is 0.505. The Hall–Kier alpha value is -0.420. The molecule has 1 heterocycles. The van der Waals surface area contributed by atoms with Crippen molar-refractivity contribution in [2.24, 2.45) is 0 Å². The van der Waals surface area contributed by atoms with Gasteiger partial charge in [0.2, 0.25) is 0 Å². The molecule has 1 saturated heterocycles. The van der Waals surface area contributed by atoms with Crippen LogP contribution in [-0.4, -0.2) is 42.0 Å². The van der Waals surface area contributed by atoms with Crippen LogP contribution >= 0.6 is 27.5 Å². The molecule has 1 aliphatic heterocycles. The quantitative estimate of drug-likeness (QED) is 0.741. The number of Topliss-reactive ketones (excluding diaryl/α,β-unsaturated/α-hetero) is 1. The molecule has 0 amide bonds. The van der Waals surface area contributed by atoms with E-state index in [2.05, 4.69) is 41.6 Å². The molecule has 1 fully saturated rings. The average Bonchev–Trinajstić information content (AvgIpc) is 2.33. The average molecular weight is 375 g/mol. The van der Waals surface area contributed by atoms with Crippen LogP contribution in [0.25, 0.3) is 0 Å². The molecule has 0 bridgehead atoms. The molecule has 3 nitrogen and oxygen atoms in total. The minimum absolute atomic E-state index is 0.0875. The molecule has 0 spiro atoms. The van der Waals surface area contributed by atoms with Crippen LogP contribution < -0.4 is 0 Å². The Balaban J connectivity index is 1.95. The SMILES string of the molecule is CC1CN(CCC(=O)c2ccc(Br)cc2Cl)CC(C)(C)O1. The van der Waals surface area contributed by atoms with Crippen molar-refractivity contribution in [2.45, 2.75) is 38.9 Å². The number of hydrogen-bond acceptors (Lipinski definition) is 3. The molecule has 0 aliphatic carbocycles. The monoisotopic (exact) mass is 373 g/mol. The maximum atomic E-state index is 12.3. The molecule has 1 aliphatic rings. The van der Waals surface area contributed by atoms with Crippen LogP contribution in [0.2, 0.25) is 5.02 Å². The molecule has 5 heteroatoms. The van der Waals surface area contributed by atoms with Crippen LogP contribution in [0, 0.1) is 0 Å². The highest BCUT2D eigenvalue weighted by Crippen LogP contribution is 2.24. The van der Waals surface area contributed by atoms with Crippen LogP contribution in [0.3, 0.4) is 0 Å². The van der Waals surface area contributed by atoms with Gasteiger partial charge in [-0.25, -0.2) is 0 Å². The fourth-order valence-electron chi connectivity index (χ4n) is 2.87. The zero-order valence-electron chi connectivity index (χ0n) is 12.7. The Morgan fingerprint density at radius 1 is 1.52 bits per heavy atom. The molecular weight excluding hydrogens is 354 g/mol. The van der Waals surface area contributed by atoms with Crippen LogP contribution in [-0.2, 0) is 4.74 Å². The zero-order chi connectivity index (χ0) is 15.6. The lowest BCUT2D eigenvalue weighted by molar-refractivity contribution is -0.128. The third kappa shape index (κ3) is 4.78.